The SMILES string of the molecule is CC(CCc1ccsc1)CNCC(F)(F)F. The third-order valence-electron chi connectivity index (χ3n) is 2.32. The highest BCUT2D eigenvalue weighted by atomic mass is 32.1. The summed E-state index contributed by atoms with van der Waals surface area (Å²) in [6, 6.07) is 2.06. The summed E-state index contributed by atoms with van der Waals surface area (Å²) in [4.78, 5) is 0. The van der Waals surface area contributed by atoms with Gasteiger partial charge in [-0.05, 0) is 47.7 Å². The lowest BCUT2D eigenvalue weighted by atomic mass is 10.0. The average molecular weight is 251 g/mol. The van der Waals surface area contributed by atoms with Crippen molar-refractivity contribution >= 4 is 11.3 Å². The summed E-state index contributed by atoms with van der Waals surface area (Å²) in [5.41, 5.74) is 1.27. The molecule has 5 heteroatoms. The zero-order chi connectivity index (χ0) is 12.0. The minimum Gasteiger partial charge on any atom is -0.308 e. The summed E-state index contributed by atoms with van der Waals surface area (Å²) in [6.07, 6.45) is -2.24. The van der Waals surface area contributed by atoms with E-state index in [1.54, 1.807) is 11.3 Å². The van der Waals surface area contributed by atoms with Crippen LogP contribution in [0, 0.1) is 5.92 Å². The summed E-state index contributed by atoms with van der Waals surface area (Å²) >= 11 is 1.65. The second-order valence-electron chi connectivity index (χ2n) is 4.02. The van der Waals surface area contributed by atoms with Gasteiger partial charge in [0.1, 0.15) is 0 Å². The van der Waals surface area contributed by atoms with E-state index in [4.69, 9.17) is 0 Å². The first kappa shape index (κ1) is 13.5. The van der Waals surface area contributed by atoms with Gasteiger partial charge in [0.2, 0.25) is 0 Å². The maximum Gasteiger partial charge on any atom is 0.401 e. The molecule has 1 aromatic heterocycles. The van der Waals surface area contributed by atoms with Gasteiger partial charge in [-0.1, -0.05) is 6.92 Å². The monoisotopic (exact) mass is 251 g/mol. The molecule has 0 bridgehead atoms. The fraction of sp³-hybridized carbons (Fsp3) is 0.636. The van der Waals surface area contributed by atoms with E-state index in [1.807, 2.05) is 12.3 Å². The Bertz CT molecular complexity index is 282. The molecule has 92 valence electrons. The fourth-order valence-electron chi connectivity index (χ4n) is 1.41. The van der Waals surface area contributed by atoms with Crippen molar-refractivity contribution in [3.8, 4) is 0 Å². The zero-order valence-electron chi connectivity index (χ0n) is 9.18. The number of rotatable bonds is 6. The first-order chi connectivity index (χ1) is 7.47. The van der Waals surface area contributed by atoms with E-state index >= 15 is 0 Å². The van der Waals surface area contributed by atoms with Crippen LogP contribution >= 0.6 is 11.3 Å². The molecule has 1 heterocycles. The standard InChI is InChI=1S/C11H16F3NS/c1-9(6-15-8-11(12,13)14)2-3-10-4-5-16-7-10/h4-5,7,9,15H,2-3,6,8H2,1H3. The van der Waals surface area contributed by atoms with Gasteiger partial charge in [0.25, 0.3) is 0 Å². The van der Waals surface area contributed by atoms with Crippen LogP contribution in [0.4, 0.5) is 13.2 Å². The summed E-state index contributed by atoms with van der Waals surface area (Å²) in [5.74, 6) is 0.266. The minimum atomic E-state index is -4.10. The molecular formula is C11H16F3NS. The van der Waals surface area contributed by atoms with Gasteiger partial charge in [0.15, 0.2) is 0 Å². The average Bonchev–Trinajstić information content (AvgIpc) is 2.65. The van der Waals surface area contributed by atoms with Crippen LogP contribution < -0.4 is 5.32 Å². The minimum absolute atomic E-state index is 0.266. The van der Waals surface area contributed by atoms with Crippen molar-refractivity contribution in [2.45, 2.75) is 25.9 Å². The number of aryl methyl sites for hydroxylation is 1. The molecule has 0 aliphatic heterocycles. The predicted octanol–water partition coefficient (Wildman–Crippen LogP) is 3.47. The van der Waals surface area contributed by atoms with Gasteiger partial charge in [-0.3, -0.25) is 0 Å². The van der Waals surface area contributed by atoms with E-state index in [2.05, 4.69) is 16.8 Å². The number of alkyl halides is 3. The molecule has 0 amide bonds. The number of hydrogen-bond acceptors (Lipinski definition) is 2. The summed E-state index contributed by atoms with van der Waals surface area (Å²) in [6.45, 7) is 1.50. The molecule has 1 N–H and O–H groups in total. The second kappa shape index (κ2) is 6.25. The van der Waals surface area contributed by atoms with E-state index < -0.39 is 12.7 Å². The van der Waals surface area contributed by atoms with Crippen molar-refractivity contribution in [3.05, 3.63) is 22.4 Å². The third kappa shape index (κ3) is 6.12. The first-order valence-corrected chi connectivity index (χ1v) is 6.20. The van der Waals surface area contributed by atoms with Crippen LogP contribution in [0.1, 0.15) is 18.9 Å². The maximum atomic E-state index is 11.9. The predicted molar refractivity (Wildman–Crippen MR) is 60.7 cm³/mol. The van der Waals surface area contributed by atoms with Gasteiger partial charge in [0.05, 0.1) is 6.54 Å². The lowest BCUT2D eigenvalue weighted by Gasteiger charge is -2.13. The second-order valence-corrected chi connectivity index (χ2v) is 4.80. The quantitative estimate of drug-likeness (QED) is 0.816. The fourth-order valence-corrected chi connectivity index (χ4v) is 2.11. The highest BCUT2D eigenvalue weighted by molar-refractivity contribution is 7.07. The molecule has 1 aromatic rings. The lowest BCUT2D eigenvalue weighted by molar-refractivity contribution is -0.125. The molecule has 1 nitrogen and oxygen atoms in total. The van der Waals surface area contributed by atoms with Crippen molar-refractivity contribution in [3.63, 3.8) is 0 Å². The Morgan fingerprint density at radius 2 is 2.19 bits per heavy atom. The molecule has 0 spiro atoms. The molecule has 1 atom stereocenters. The Morgan fingerprint density at radius 1 is 1.44 bits per heavy atom. The van der Waals surface area contributed by atoms with Crippen LogP contribution in [0.3, 0.4) is 0 Å². The van der Waals surface area contributed by atoms with E-state index in [9.17, 15) is 13.2 Å². The van der Waals surface area contributed by atoms with Gasteiger partial charge in [-0.25, -0.2) is 0 Å². The molecular weight excluding hydrogens is 235 g/mol. The lowest BCUT2D eigenvalue weighted by Crippen LogP contribution is -2.32. The van der Waals surface area contributed by atoms with Crippen molar-refractivity contribution in [1.82, 2.24) is 5.32 Å². The Balaban J connectivity index is 2.09. The third-order valence-corrected chi connectivity index (χ3v) is 3.06. The zero-order valence-corrected chi connectivity index (χ0v) is 10.00. The van der Waals surface area contributed by atoms with Crippen LogP contribution in [0.2, 0.25) is 0 Å². The molecule has 0 saturated carbocycles. The van der Waals surface area contributed by atoms with Gasteiger partial charge >= 0.3 is 6.18 Å². The Morgan fingerprint density at radius 3 is 2.75 bits per heavy atom. The first-order valence-electron chi connectivity index (χ1n) is 5.26. The van der Waals surface area contributed by atoms with Crippen LogP contribution in [-0.2, 0) is 6.42 Å². The number of thiophene rings is 1. The van der Waals surface area contributed by atoms with Crippen LogP contribution in [0.5, 0.6) is 0 Å². The molecule has 0 fully saturated rings. The molecule has 1 rings (SSSR count). The van der Waals surface area contributed by atoms with Gasteiger partial charge in [-0.2, -0.15) is 24.5 Å². The van der Waals surface area contributed by atoms with Gasteiger partial charge in [-0.15, -0.1) is 0 Å². The molecule has 0 saturated heterocycles. The van der Waals surface area contributed by atoms with E-state index in [-0.39, 0.29) is 5.92 Å². The van der Waals surface area contributed by atoms with Crippen molar-refractivity contribution in [2.75, 3.05) is 13.1 Å². The summed E-state index contributed by atoms with van der Waals surface area (Å²) in [7, 11) is 0. The molecule has 0 aromatic carbocycles. The Labute approximate surface area is 97.7 Å². The van der Waals surface area contributed by atoms with Crippen molar-refractivity contribution in [2.24, 2.45) is 5.92 Å². The van der Waals surface area contributed by atoms with E-state index in [1.165, 1.54) is 5.56 Å². The van der Waals surface area contributed by atoms with E-state index in [0.29, 0.717) is 6.54 Å². The largest absolute Gasteiger partial charge is 0.401 e. The summed E-state index contributed by atoms with van der Waals surface area (Å²) < 4.78 is 35.6. The number of halogens is 3. The van der Waals surface area contributed by atoms with Gasteiger partial charge in [0, 0.05) is 0 Å². The van der Waals surface area contributed by atoms with Crippen molar-refractivity contribution in [1.29, 1.82) is 0 Å². The number of nitrogens with one attached hydrogen (secondary N) is 1. The molecule has 0 radical (unpaired) electrons. The van der Waals surface area contributed by atoms with Gasteiger partial charge < -0.3 is 5.32 Å². The van der Waals surface area contributed by atoms with Crippen LogP contribution in [-0.4, -0.2) is 19.3 Å². The maximum absolute atomic E-state index is 11.9. The highest BCUT2D eigenvalue weighted by Crippen LogP contribution is 2.14. The highest BCUT2D eigenvalue weighted by Gasteiger charge is 2.26. The molecule has 0 aliphatic carbocycles. The Kier molecular flexibility index (Phi) is 5.28. The topological polar surface area (TPSA) is 12.0 Å². The van der Waals surface area contributed by atoms with Crippen LogP contribution in [0.25, 0.3) is 0 Å². The molecule has 1 unspecified atom stereocenters. The smallest absolute Gasteiger partial charge is 0.308 e. The normalized spacial score (nSPS) is 14.0. The molecule has 0 aliphatic rings. The van der Waals surface area contributed by atoms with Crippen LogP contribution in [0.15, 0.2) is 16.8 Å². The molecule has 16 heavy (non-hydrogen) atoms. The van der Waals surface area contributed by atoms with Crippen molar-refractivity contribution < 1.29 is 13.2 Å². The Hall–Kier alpha value is -0.550. The van der Waals surface area contributed by atoms with E-state index in [0.717, 1.165) is 12.8 Å². The summed E-state index contributed by atoms with van der Waals surface area (Å²) in [5, 5.41) is 6.53. The number of hydrogen-bond donors (Lipinski definition) is 1.